The molecule has 21 heavy (non-hydrogen) atoms. The molecule has 1 atom stereocenters. The van der Waals surface area contributed by atoms with E-state index in [0.29, 0.717) is 5.02 Å². The van der Waals surface area contributed by atoms with E-state index in [0.717, 1.165) is 28.8 Å². The number of methoxy groups -OCH3 is 1. The van der Waals surface area contributed by atoms with E-state index in [9.17, 15) is 0 Å². The highest BCUT2D eigenvalue weighted by Gasteiger charge is 2.21. The summed E-state index contributed by atoms with van der Waals surface area (Å²) in [6.07, 6.45) is 1.07. The van der Waals surface area contributed by atoms with Crippen molar-refractivity contribution in [2.75, 3.05) is 13.7 Å². The Morgan fingerprint density at radius 3 is 2.71 bits per heavy atom. The van der Waals surface area contributed by atoms with Crippen molar-refractivity contribution >= 4 is 38.9 Å². The molecule has 0 saturated carbocycles. The van der Waals surface area contributed by atoms with Crippen LogP contribution in [0.15, 0.2) is 28.7 Å². The number of aryl methyl sites for hydroxylation is 1. The van der Waals surface area contributed by atoms with Crippen LogP contribution in [0, 0.1) is 6.92 Å². The number of hydrogen-bond donors (Lipinski definition) is 1. The number of ether oxygens (including phenoxy) is 1. The first kappa shape index (κ1) is 16.8. The van der Waals surface area contributed by atoms with E-state index in [2.05, 4.69) is 47.2 Å². The maximum absolute atomic E-state index is 6.24. The van der Waals surface area contributed by atoms with Gasteiger partial charge >= 0.3 is 0 Å². The summed E-state index contributed by atoms with van der Waals surface area (Å²) < 4.78 is 6.46. The van der Waals surface area contributed by atoms with Crippen LogP contribution < -0.4 is 10.1 Å². The summed E-state index contributed by atoms with van der Waals surface area (Å²) in [5.41, 5.74) is 1.06. The van der Waals surface area contributed by atoms with Crippen LogP contribution in [0.5, 0.6) is 5.75 Å². The number of nitrogens with one attached hydrogen (secondary N) is 1. The molecule has 1 N–H and O–H groups in total. The molecule has 2 nitrogen and oxygen atoms in total. The molecule has 0 bridgehead atoms. The van der Waals surface area contributed by atoms with Crippen LogP contribution in [0.1, 0.15) is 34.7 Å². The molecular weight excluding hydrogens is 370 g/mol. The monoisotopic (exact) mass is 387 g/mol. The average Bonchev–Trinajstić information content (AvgIpc) is 2.85. The van der Waals surface area contributed by atoms with Gasteiger partial charge in [-0.15, -0.1) is 11.3 Å². The summed E-state index contributed by atoms with van der Waals surface area (Å²) in [7, 11) is 1.69. The fourth-order valence-electron chi connectivity index (χ4n) is 2.27. The quantitative estimate of drug-likeness (QED) is 0.698. The minimum atomic E-state index is 0.0913. The topological polar surface area (TPSA) is 21.3 Å². The summed E-state index contributed by atoms with van der Waals surface area (Å²) in [5, 5.41) is 4.30. The summed E-state index contributed by atoms with van der Waals surface area (Å²) in [6.45, 7) is 5.22. The number of halogens is 2. The Morgan fingerprint density at radius 2 is 2.14 bits per heavy atom. The molecular formula is C16H19BrClNOS. The van der Waals surface area contributed by atoms with E-state index < -0.39 is 0 Å². The van der Waals surface area contributed by atoms with Crippen LogP contribution in [0.3, 0.4) is 0 Å². The summed E-state index contributed by atoms with van der Waals surface area (Å²) in [5.74, 6) is 0.832. The molecule has 1 heterocycles. The molecule has 114 valence electrons. The molecule has 0 aliphatic carbocycles. The van der Waals surface area contributed by atoms with Gasteiger partial charge in [-0.3, -0.25) is 0 Å². The third-order valence-corrected chi connectivity index (χ3v) is 5.07. The van der Waals surface area contributed by atoms with Crippen LogP contribution >= 0.6 is 38.9 Å². The Balaban J connectivity index is 2.50. The lowest BCUT2D eigenvalue weighted by Gasteiger charge is -2.21. The van der Waals surface area contributed by atoms with E-state index in [1.54, 1.807) is 18.4 Å². The fraction of sp³-hybridized carbons (Fsp3) is 0.375. The van der Waals surface area contributed by atoms with Gasteiger partial charge in [-0.2, -0.15) is 0 Å². The largest absolute Gasteiger partial charge is 0.495 e. The average molecular weight is 389 g/mol. The predicted molar refractivity (Wildman–Crippen MR) is 94.9 cm³/mol. The Bertz CT molecular complexity index is 614. The van der Waals surface area contributed by atoms with Gasteiger partial charge < -0.3 is 10.1 Å². The van der Waals surface area contributed by atoms with Gasteiger partial charge in [0.2, 0.25) is 0 Å². The van der Waals surface area contributed by atoms with Crippen LogP contribution in [-0.4, -0.2) is 13.7 Å². The third-order valence-electron chi connectivity index (χ3n) is 3.20. The van der Waals surface area contributed by atoms with Crippen molar-refractivity contribution in [3.63, 3.8) is 0 Å². The van der Waals surface area contributed by atoms with Gasteiger partial charge in [-0.1, -0.05) is 18.5 Å². The molecule has 1 aromatic carbocycles. The molecule has 0 radical (unpaired) electrons. The molecule has 5 heteroatoms. The number of benzene rings is 1. The standard InChI is InChI=1S/C16H19BrClNOS/c1-4-7-19-15(14-6-5-10(2)21-14)12-8-11(18)9-13(17)16(12)20-3/h5-6,8-9,15,19H,4,7H2,1-3H3. The minimum Gasteiger partial charge on any atom is -0.495 e. The minimum absolute atomic E-state index is 0.0913. The second-order valence-corrected chi connectivity index (χ2v) is 7.46. The van der Waals surface area contributed by atoms with Crippen molar-refractivity contribution in [2.24, 2.45) is 0 Å². The molecule has 0 aliphatic heterocycles. The lowest BCUT2D eigenvalue weighted by atomic mass is 10.0. The van der Waals surface area contributed by atoms with Crippen LogP contribution in [0.25, 0.3) is 0 Å². The zero-order valence-corrected chi connectivity index (χ0v) is 15.5. The van der Waals surface area contributed by atoms with Crippen molar-refractivity contribution in [1.82, 2.24) is 5.32 Å². The van der Waals surface area contributed by atoms with Gasteiger partial charge in [-0.05, 0) is 60.1 Å². The smallest absolute Gasteiger partial charge is 0.138 e. The van der Waals surface area contributed by atoms with Gasteiger partial charge in [0.1, 0.15) is 5.75 Å². The number of rotatable bonds is 6. The maximum atomic E-state index is 6.24. The van der Waals surface area contributed by atoms with E-state index in [4.69, 9.17) is 16.3 Å². The molecule has 1 aromatic heterocycles. The van der Waals surface area contributed by atoms with E-state index in [1.807, 2.05) is 12.1 Å². The molecule has 2 rings (SSSR count). The maximum Gasteiger partial charge on any atom is 0.138 e. The van der Waals surface area contributed by atoms with Crippen LogP contribution in [0.4, 0.5) is 0 Å². The van der Waals surface area contributed by atoms with Gasteiger partial charge in [0.05, 0.1) is 17.6 Å². The van der Waals surface area contributed by atoms with Gasteiger partial charge in [0.15, 0.2) is 0 Å². The highest BCUT2D eigenvalue weighted by molar-refractivity contribution is 9.10. The molecule has 0 saturated heterocycles. The van der Waals surface area contributed by atoms with Gasteiger partial charge in [0, 0.05) is 20.3 Å². The second kappa shape index (κ2) is 7.63. The Labute approximate surface area is 143 Å². The first-order valence-electron chi connectivity index (χ1n) is 6.89. The Kier molecular flexibility index (Phi) is 6.11. The van der Waals surface area contributed by atoms with Gasteiger partial charge in [0.25, 0.3) is 0 Å². The normalized spacial score (nSPS) is 12.4. The molecule has 1 unspecified atom stereocenters. The molecule has 0 aliphatic rings. The molecule has 0 fully saturated rings. The first-order valence-corrected chi connectivity index (χ1v) is 8.88. The van der Waals surface area contributed by atoms with Crippen molar-refractivity contribution < 1.29 is 4.74 Å². The molecule has 0 spiro atoms. The third kappa shape index (κ3) is 4.01. The van der Waals surface area contributed by atoms with Crippen LogP contribution in [-0.2, 0) is 0 Å². The Morgan fingerprint density at radius 1 is 1.38 bits per heavy atom. The fourth-order valence-corrected chi connectivity index (χ4v) is 4.24. The molecule has 0 amide bonds. The van der Waals surface area contributed by atoms with Crippen molar-refractivity contribution in [3.05, 3.63) is 49.1 Å². The summed E-state index contributed by atoms with van der Waals surface area (Å²) >= 11 is 11.6. The zero-order valence-electron chi connectivity index (χ0n) is 12.4. The SMILES string of the molecule is CCCNC(c1ccc(C)s1)c1cc(Cl)cc(Br)c1OC. The zero-order chi connectivity index (χ0) is 15.4. The Hall–Kier alpha value is -0.550. The van der Waals surface area contributed by atoms with Crippen molar-refractivity contribution in [3.8, 4) is 5.75 Å². The summed E-state index contributed by atoms with van der Waals surface area (Å²) in [6, 6.07) is 8.25. The second-order valence-electron chi connectivity index (χ2n) is 4.85. The van der Waals surface area contributed by atoms with Gasteiger partial charge in [-0.25, -0.2) is 0 Å². The first-order chi connectivity index (χ1) is 10.1. The number of hydrogen-bond acceptors (Lipinski definition) is 3. The highest BCUT2D eigenvalue weighted by Crippen LogP contribution is 2.39. The van der Waals surface area contributed by atoms with Crippen LogP contribution in [0.2, 0.25) is 5.02 Å². The molecule has 2 aromatic rings. The van der Waals surface area contributed by atoms with E-state index in [1.165, 1.54) is 9.75 Å². The number of thiophene rings is 1. The predicted octanol–water partition coefficient (Wildman–Crippen LogP) is 5.57. The highest BCUT2D eigenvalue weighted by atomic mass is 79.9. The lowest BCUT2D eigenvalue weighted by molar-refractivity contribution is 0.401. The lowest BCUT2D eigenvalue weighted by Crippen LogP contribution is -2.23. The van der Waals surface area contributed by atoms with Crippen molar-refractivity contribution in [1.29, 1.82) is 0 Å². The summed E-state index contributed by atoms with van der Waals surface area (Å²) in [4.78, 5) is 2.57. The van der Waals surface area contributed by atoms with E-state index >= 15 is 0 Å². The van der Waals surface area contributed by atoms with E-state index in [-0.39, 0.29) is 6.04 Å². The van der Waals surface area contributed by atoms with Crippen molar-refractivity contribution in [2.45, 2.75) is 26.3 Å².